The fourth-order valence-electron chi connectivity index (χ4n) is 6.29. The molecular formula is C40H50N7O7P. The summed E-state index contributed by atoms with van der Waals surface area (Å²) < 4.78 is 14.5. The number of benzene rings is 4. The lowest BCUT2D eigenvalue weighted by molar-refractivity contribution is -0.130. The highest BCUT2D eigenvalue weighted by molar-refractivity contribution is 7.58. The van der Waals surface area contributed by atoms with Crippen LogP contribution in [0.25, 0.3) is 10.8 Å². The molecule has 0 saturated heterocycles. The molecule has 5 atom stereocenters. The van der Waals surface area contributed by atoms with Gasteiger partial charge in [-0.05, 0) is 52.4 Å². The maximum absolute atomic E-state index is 14.5. The first-order chi connectivity index (χ1) is 26.2. The number of fused-ring (bicyclic) bond motifs is 1. The predicted octanol–water partition coefficient (Wildman–Crippen LogP) is 2.69. The number of carbonyl (C=O) groups excluding carboxylic acids is 4. The summed E-state index contributed by atoms with van der Waals surface area (Å²) in [7, 11) is -2.99. The Hall–Kier alpha value is -5.72. The summed E-state index contributed by atoms with van der Waals surface area (Å²) in [5.41, 5.74) is 13.1. The maximum atomic E-state index is 14.5. The van der Waals surface area contributed by atoms with Crippen molar-refractivity contribution in [1.82, 2.24) is 21.3 Å². The summed E-state index contributed by atoms with van der Waals surface area (Å²) in [5.74, 6) is -4.83. The molecule has 10 N–H and O–H groups in total. The van der Waals surface area contributed by atoms with Gasteiger partial charge in [-0.3, -0.25) is 28.7 Å². The summed E-state index contributed by atoms with van der Waals surface area (Å²) in [5, 5.41) is 22.4. The van der Waals surface area contributed by atoms with Gasteiger partial charge in [0.25, 0.3) is 0 Å². The number of amides is 4. The number of hydrogen-bond donors (Lipinski definition) is 8. The molecule has 4 rings (SSSR count). The van der Waals surface area contributed by atoms with Gasteiger partial charge in [-0.2, -0.15) is 0 Å². The Balaban J connectivity index is 1.62. The first-order valence-corrected chi connectivity index (χ1v) is 19.9. The first kappa shape index (κ1) is 42.0. The smallest absolute Gasteiger partial charge is 0.243 e. The van der Waals surface area contributed by atoms with Crippen LogP contribution < -0.4 is 32.7 Å². The molecule has 0 fully saturated rings. The molecule has 2 unspecified atom stereocenters. The SMILES string of the molecule is CNC(=O)[C@H](Cc1ccc2ccccc2c1)NC(=O)C(CCCN=C(N)N)CP(=O)(O)[C@@H](Cc1ccccc1)NC(=O)[C@H](Cc1ccc(O)cc1)NC(C)=O. The van der Waals surface area contributed by atoms with E-state index in [0.717, 1.165) is 16.3 Å². The molecule has 14 nitrogen and oxygen atoms in total. The molecule has 4 amide bonds. The van der Waals surface area contributed by atoms with E-state index < -0.39 is 60.9 Å². The van der Waals surface area contributed by atoms with Crippen molar-refractivity contribution in [2.24, 2.45) is 22.4 Å². The minimum absolute atomic E-state index is 0.0284. The lowest BCUT2D eigenvalue weighted by Gasteiger charge is -2.30. The Morgan fingerprint density at radius 1 is 0.727 bits per heavy atom. The number of phenolic OH excluding ortho intramolecular Hbond substituents is 1. The highest BCUT2D eigenvalue weighted by Gasteiger charge is 2.39. The number of aliphatic imine (C=N–C) groups is 1. The number of nitrogens with two attached hydrogens (primary N) is 2. The van der Waals surface area contributed by atoms with E-state index in [1.54, 1.807) is 42.5 Å². The fraction of sp³-hybridized carbons (Fsp3) is 0.325. The van der Waals surface area contributed by atoms with Crippen molar-refractivity contribution in [1.29, 1.82) is 0 Å². The Bertz CT molecular complexity index is 2010. The third kappa shape index (κ3) is 13.3. The molecular weight excluding hydrogens is 721 g/mol. The van der Waals surface area contributed by atoms with Gasteiger partial charge in [0.15, 0.2) is 5.96 Å². The summed E-state index contributed by atoms with van der Waals surface area (Å²) >= 11 is 0. The molecule has 0 spiro atoms. The fourth-order valence-corrected chi connectivity index (χ4v) is 8.35. The van der Waals surface area contributed by atoms with E-state index in [4.69, 9.17) is 11.5 Å². The maximum Gasteiger partial charge on any atom is 0.243 e. The number of likely N-dealkylation sites (N-methyl/N-ethyl adjacent to an activating group) is 1. The van der Waals surface area contributed by atoms with Gasteiger partial charge in [-0.1, -0.05) is 84.9 Å². The lowest BCUT2D eigenvalue weighted by Crippen LogP contribution is -2.51. The number of phenols is 1. The van der Waals surface area contributed by atoms with E-state index in [1.807, 2.05) is 42.5 Å². The standard InChI is InChI=1S/C40H50N7O7P/c1-26(48)45-35(22-28-15-18-33(49)19-16-28)39(52)47-36(24-27-9-4-3-5-10-27)55(53,54)25-32(13-8-20-44-40(41)42)37(50)46-34(38(51)43-2)23-29-14-17-30-11-6-7-12-31(30)21-29/h3-7,9-12,14-19,21,32,34-36,49H,8,13,20,22-25H2,1-2H3,(H,43,51)(H,45,48)(H,46,50)(H,47,52)(H,53,54)(H4,41,42,44)/t32?,34-,35-,36-/m0/s1. The van der Waals surface area contributed by atoms with Gasteiger partial charge in [-0.25, -0.2) is 0 Å². The molecule has 0 aliphatic rings. The Morgan fingerprint density at radius 3 is 1.98 bits per heavy atom. The van der Waals surface area contributed by atoms with Crippen molar-refractivity contribution >= 4 is 47.7 Å². The number of rotatable bonds is 19. The van der Waals surface area contributed by atoms with Crippen LogP contribution in [0.2, 0.25) is 0 Å². The van der Waals surface area contributed by atoms with Crippen LogP contribution in [0.3, 0.4) is 0 Å². The highest BCUT2D eigenvalue weighted by atomic mass is 31.2. The van der Waals surface area contributed by atoms with E-state index in [9.17, 15) is 33.7 Å². The number of hydrogen-bond acceptors (Lipinski definition) is 7. The van der Waals surface area contributed by atoms with Crippen molar-refractivity contribution in [3.8, 4) is 5.75 Å². The van der Waals surface area contributed by atoms with Gasteiger partial charge in [0.2, 0.25) is 31.0 Å². The molecule has 15 heteroatoms. The van der Waals surface area contributed by atoms with E-state index in [-0.39, 0.29) is 50.4 Å². The summed E-state index contributed by atoms with van der Waals surface area (Å²) in [6.07, 6.45) is -0.0439. The van der Waals surface area contributed by atoms with Crippen LogP contribution in [0.4, 0.5) is 0 Å². The van der Waals surface area contributed by atoms with Crippen LogP contribution in [0.1, 0.15) is 36.5 Å². The third-order valence-corrected chi connectivity index (χ3v) is 11.4. The van der Waals surface area contributed by atoms with Crippen LogP contribution in [-0.2, 0) is 43.0 Å². The van der Waals surface area contributed by atoms with E-state index in [0.29, 0.717) is 11.1 Å². The topological polar surface area (TPSA) is 238 Å². The van der Waals surface area contributed by atoms with Gasteiger partial charge in [0.1, 0.15) is 23.6 Å². The molecule has 0 radical (unpaired) electrons. The molecule has 55 heavy (non-hydrogen) atoms. The number of guanidine groups is 1. The summed E-state index contributed by atoms with van der Waals surface area (Å²) in [4.78, 5) is 69.0. The second-order valence-corrected chi connectivity index (χ2v) is 16.0. The van der Waals surface area contributed by atoms with Crippen LogP contribution in [0, 0.1) is 5.92 Å². The van der Waals surface area contributed by atoms with Gasteiger partial charge in [0.05, 0.1) is 0 Å². The van der Waals surface area contributed by atoms with Gasteiger partial charge < -0.3 is 42.7 Å². The first-order valence-electron chi connectivity index (χ1n) is 18.0. The predicted molar refractivity (Wildman–Crippen MR) is 213 cm³/mol. The zero-order chi connectivity index (χ0) is 40.0. The summed E-state index contributed by atoms with van der Waals surface area (Å²) in [6, 6.07) is 26.3. The Morgan fingerprint density at radius 2 is 1.33 bits per heavy atom. The average Bonchev–Trinajstić information content (AvgIpc) is 3.15. The van der Waals surface area contributed by atoms with Crippen molar-refractivity contribution in [3.63, 3.8) is 0 Å². The van der Waals surface area contributed by atoms with E-state index >= 15 is 0 Å². The average molecular weight is 772 g/mol. The second-order valence-electron chi connectivity index (χ2n) is 13.5. The summed E-state index contributed by atoms with van der Waals surface area (Å²) in [6.45, 7) is 1.41. The number of carbonyl (C=O) groups is 4. The molecule has 4 aromatic carbocycles. The number of nitrogens with one attached hydrogen (secondary N) is 4. The van der Waals surface area contributed by atoms with Crippen LogP contribution >= 0.6 is 7.37 Å². The molecule has 0 heterocycles. The monoisotopic (exact) mass is 771 g/mol. The minimum Gasteiger partial charge on any atom is -0.508 e. The van der Waals surface area contributed by atoms with Crippen molar-refractivity contribution in [2.75, 3.05) is 19.8 Å². The van der Waals surface area contributed by atoms with E-state index in [2.05, 4.69) is 26.3 Å². The van der Waals surface area contributed by atoms with Crippen LogP contribution in [0.15, 0.2) is 102 Å². The van der Waals surface area contributed by atoms with Crippen LogP contribution in [-0.4, -0.2) is 77.2 Å². The molecule has 0 aromatic heterocycles. The third-order valence-electron chi connectivity index (χ3n) is 9.13. The van der Waals surface area contributed by atoms with E-state index in [1.165, 1.54) is 26.1 Å². The number of nitrogens with zero attached hydrogens (tertiary/aromatic N) is 1. The molecule has 0 aliphatic heterocycles. The van der Waals surface area contributed by atoms with Gasteiger partial charge >= 0.3 is 0 Å². The molecule has 0 saturated carbocycles. The lowest BCUT2D eigenvalue weighted by atomic mass is 9.99. The quantitative estimate of drug-likeness (QED) is 0.0302. The Labute approximate surface area is 320 Å². The van der Waals surface area contributed by atoms with Gasteiger partial charge in [-0.15, -0.1) is 0 Å². The van der Waals surface area contributed by atoms with Crippen LogP contribution in [0.5, 0.6) is 5.75 Å². The molecule has 4 aromatic rings. The van der Waals surface area contributed by atoms with Crippen molar-refractivity contribution in [2.45, 2.75) is 56.9 Å². The van der Waals surface area contributed by atoms with Crippen molar-refractivity contribution < 1.29 is 33.7 Å². The largest absolute Gasteiger partial charge is 0.508 e. The second kappa shape index (κ2) is 20.1. The molecule has 0 aliphatic carbocycles. The zero-order valence-corrected chi connectivity index (χ0v) is 31.9. The molecule has 0 bridgehead atoms. The Kier molecular flexibility index (Phi) is 15.4. The number of aromatic hydroxyl groups is 1. The zero-order valence-electron chi connectivity index (χ0n) is 31.0. The van der Waals surface area contributed by atoms with Gasteiger partial charge in [0, 0.05) is 51.9 Å². The highest BCUT2D eigenvalue weighted by Crippen LogP contribution is 2.49. The molecule has 292 valence electrons. The minimum atomic E-state index is -4.45. The normalized spacial score (nSPS) is 14.3. The van der Waals surface area contributed by atoms with Crippen molar-refractivity contribution in [3.05, 3.63) is 114 Å².